The number of carbonyl (C=O) groups excluding carboxylic acids is 2. The Bertz CT molecular complexity index is 1070. The number of nitrogens with one attached hydrogen (secondary N) is 2. The highest BCUT2D eigenvalue weighted by Crippen LogP contribution is 2.63. The van der Waals surface area contributed by atoms with Crippen LogP contribution in [0.4, 0.5) is 5.69 Å². The molecule has 0 unspecified atom stereocenters. The van der Waals surface area contributed by atoms with Crippen molar-refractivity contribution < 1.29 is 14.3 Å². The molecular formula is C23H24Cl3N3O3. The van der Waals surface area contributed by atoms with E-state index >= 15 is 0 Å². The standard InChI is InChI=1S/C23H24Cl3N3O3/c1-13-11-17(24)7-10-19(13)32-15(3)20(30)27-18-8-5-16(6-9-18)14(2)28-29-21(31)22(4)12-23(22,25)26/h5-11,15H,12H2,1-4H3,(H,27,30)(H,29,31)/t15-,22-/m1/s1. The van der Waals surface area contributed by atoms with E-state index in [4.69, 9.17) is 39.5 Å². The number of nitrogens with zero attached hydrogens (tertiary/aromatic N) is 1. The molecule has 6 nitrogen and oxygen atoms in total. The lowest BCUT2D eigenvalue weighted by atomic mass is 10.1. The molecule has 32 heavy (non-hydrogen) atoms. The van der Waals surface area contributed by atoms with Gasteiger partial charge in [-0.15, -0.1) is 23.2 Å². The number of aryl methyl sites for hydroxylation is 1. The van der Waals surface area contributed by atoms with E-state index in [0.717, 1.165) is 11.1 Å². The van der Waals surface area contributed by atoms with Crippen molar-refractivity contribution in [3.63, 3.8) is 0 Å². The summed E-state index contributed by atoms with van der Waals surface area (Å²) >= 11 is 18.0. The molecule has 3 rings (SSSR count). The largest absolute Gasteiger partial charge is 0.481 e. The number of ether oxygens (including phenoxy) is 1. The maximum atomic E-state index is 12.5. The molecule has 1 aliphatic rings. The number of carbonyl (C=O) groups is 2. The molecule has 0 saturated heterocycles. The third kappa shape index (κ3) is 5.37. The minimum Gasteiger partial charge on any atom is -0.481 e. The Hall–Kier alpha value is -2.28. The third-order valence-electron chi connectivity index (χ3n) is 5.46. The Labute approximate surface area is 202 Å². The lowest BCUT2D eigenvalue weighted by Crippen LogP contribution is -2.30. The summed E-state index contributed by atoms with van der Waals surface area (Å²) in [4.78, 5) is 24.7. The van der Waals surface area contributed by atoms with Gasteiger partial charge in [-0.3, -0.25) is 9.59 Å². The van der Waals surface area contributed by atoms with Crippen LogP contribution in [0.2, 0.25) is 5.02 Å². The van der Waals surface area contributed by atoms with Gasteiger partial charge in [-0.25, -0.2) is 5.43 Å². The maximum absolute atomic E-state index is 12.5. The predicted octanol–water partition coefficient (Wildman–Crippen LogP) is 5.48. The number of alkyl halides is 2. The fraction of sp³-hybridized carbons (Fsp3) is 0.348. The lowest BCUT2D eigenvalue weighted by molar-refractivity contribution is -0.125. The minimum atomic E-state index is -1.05. The van der Waals surface area contributed by atoms with Gasteiger partial charge in [0, 0.05) is 10.7 Å². The Morgan fingerprint density at radius 2 is 1.78 bits per heavy atom. The van der Waals surface area contributed by atoms with Gasteiger partial charge in [0.15, 0.2) is 6.10 Å². The molecule has 2 atom stereocenters. The molecule has 2 amide bonds. The average molecular weight is 497 g/mol. The van der Waals surface area contributed by atoms with Crippen LogP contribution in [-0.2, 0) is 9.59 Å². The first-order valence-corrected chi connectivity index (χ1v) is 11.1. The van der Waals surface area contributed by atoms with Crippen LogP contribution in [-0.4, -0.2) is 28.0 Å². The molecule has 0 aliphatic heterocycles. The summed E-state index contributed by atoms with van der Waals surface area (Å²) in [6, 6.07) is 12.3. The van der Waals surface area contributed by atoms with Gasteiger partial charge in [0.25, 0.3) is 5.91 Å². The van der Waals surface area contributed by atoms with E-state index in [2.05, 4.69) is 15.8 Å². The highest BCUT2D eigenvalue weighted by atomic mass is 35.5. The fourth-order valence-corrected chi connectivity index (χ4v) is 3.93. The SMILES string of the molecule is CC(=NNC(=O)[C@@]1(C)CC1(Cl)Cl)c1ccc(NC(=O)[C@@H](C)Oc2ccc(Cl)cc2C)cc1. The summed E-state index contributed by atoms with van der Waals surface area (Å²) in [7, 11) is 0. The van der Waals surface area contributed by atoms with Gasteiger partial charge in [-0.2, -0.15) is 5.10 Å². The van der Waals surface area contributed by atoms with E-state index in [1.807, 2.05) is 6.92 Å². The zero-order valence-corrected chi connectivity index (χ0v) is 20.4. The summed E-state index contributed by atoms with van der Waals surface area (Å²) in [5.74, 6) is -0.00868. The van der Waals surface area contributed by atoms with Crippen LogP contribution >= 0.6 is 34.8 Å². The molecule has 0 bridgehead atoms. The Kier molecular flexibility index (Phi) is 7.08. The third-order valence-corrected chi connectivity index (χ3v) is 6.80. The van der Waals surface area contributed by atoms with E-state index in [-0.39, 0.29) is 11.8 Å². The van der Waals surface area contributed by atoms with E-state index in [1.165, 1.54) is 0 Å². The van der Waals surface area contributed by atoms with Gasteiger partial charge in [0.1, 0.15) is 10.1 Å². The van der Waals surface area contributed by atoms with Gasteiger partial charge in [0.05, 0.1) is 11.1 Å². The number of rotatable bonds is 7. The summed E-state index contributed by atoms with van der Waals surface area (Å²) in [6.07, 6.45) is -0.315. The maximum Gasteiger partial charge on any atom is 0.265 e. The molecule has 170 valence electrons. The van der Waals surface area contributed by atoms with E-state index in [0.29, 0.717) is 28.6 Å². The topological polar surface area (TPSA) is 79.8 Å². The highest BCUT2D eigenvalue weighted by molar-refractivity contribution is 6.53. The lowest BCUT2D eigenvalue weighted by Gasteiger charge is -2.16. The molecule has 1 fully saturated rings. The quantitative estimate of drug-likeness (QED) is 0.303. The van der Waals surface area contributed by atoms with Crippen LogP contribution in [0.5, 0.6) is 5.75 Å². The summed E-state index contributed by atoms with van der Waals surface area (Å²) < 4.78 is 4.70. The van der Waals surface area contributed by atoms with E-state index in [9.17, 15) is 9.59 Å². The summed E-state index contributed by atoms with van der Waals surface area (Å²) in [5.41, 5.74) is 4.53. The molecule has 0 spiro atoms. The second-order valence-corrected chi connectivity index (χ2v) is 10.0. The number of benzene rings is 2. The van der Waals surface area contributed by atoms with Crippen LogP contribution in [0.15, 0.2) is 47.6 Å². The Balaban J connectivity index is 1.56. The smallest absolute Gasteiger partial charge is 0.265 e. The van der Waals surface area contributed by atoms with E-state index in [1.54, 1.807) is 63.2 Å². The van der Waals surface area contributed by atoms with Crippen LogP contribution in [0.3, 0.4) is 0 Å². The number of hydrogen-bond donors (Lipinski definition) is 2. The summed E-state index contributed by atoms with van der Waals surface area (Å²) in [5, 5.41) is 7.56. The summed E-state index contributed by atoms with van der Waals surface area (Å²) in [6.45, 7) is 7.00. The van der Waals surface area contributed by atoms with Crippen molar-refractivity contribution in [3.8, 4) is 5.75 Å². The normalized spacial score (nSPS) is 20.3. The molecular weight excluding hydrogens is 473 g/mol. The van der Waals surface area contributed by atoms with Gasteiger partial charge in [0.2, 0.25) is 5.91 Å². The van der Waals surface area contributed by atoms with Gasteiger partial charge >= 0.3 is 0 Å². The second-order valence-electron chi connectivity index (χ2n) is 8.09. The van der Waals surface area contributed by atoms with Crippen LogP contribution in [0.1, 0.15) is 38.3 Å². The zero-order valence-electron chi connectivity index (χ0n) is 18.1. The molecule has 2 aromatic rings. The molecule has 0 heterocycles. The molecule has 0 aromatic heterocycles. The molecule has 1 aliphatic carbocycles. The number of hydrogen-bond acceptors (Lipinski definition) is 4. The first kappa shape index (κ1) is 24.4. The van der Waals surface area contributed by atoms with Gasteiger partial charge in [-0.05, 0) is 75.6 Å². The van der Waals surface area contributed by atoms with Crippen LogP contribution < -0.4 is 15.5 Å². The highest BCUT2D eigenvalue weighted by Gasteiger charge is 2.68. The number of anilines is 1. The molecule has 1 saturated carbocycles. The zero-order chi connectivity index (χ0) is 23.7. The fourth-order valence-electron chi connectivity index (χ4n) is 3.00. The van der Waals surface area contributed by atoms with E-state index < -0.39 is 15.9 Å². The van der Waals surface area contributed by atoms with Crippen molar-refractivity contribution in [2.24, 2.45) is 10.5 Å². The van der Waals surface area contributed by atoms with Crippen molar-refractivity contribution in [2.45, 2.75) is 44.6 Å². The average Bonchev–Trinajstić information content (AvgIpc) is 3.27. The monoisotopic (exact) mass is 495 g/mol. The first-order valence-electron chi connectivity index (χ1n) is 9.99. The Morgan fingerprint density at radius 1 is 1.16 bits per heavy atom. The minimum absolute atomic E-state index is 0.284. The predicted molar refractivity (Wildman–Crippen MR) is 129 cm³/mol. The molecule has 9 heteroatoms. The van der Waals surface area contributed by atoms with Crippen LogP contribution in [0, 0.1) is 12.3 Å². The Morgan fingerprint density at radius 3 is 2.34 bits per heavy atom. The van der Waals surface area contributed by atoms with Crippen molar-refractivity contribution in [1.29, 1.82) is 0 Å². The van der Waals surface area contributed by atoms with Crippen molar-refractivity contribution in [1.82, 2.24) is 5.43 Å². The van der Waals surface area contributed by atoms with Gasteiger partial charge in [-0.1, -0.05) is 23.7 Å². The molecule has 2 N–H and O–H groups in total. The number of hydrazone groups is 1. The number of amides is 2. The number of halogens is 3. The molecule has 2 aromatic carbocycles. The second kappa shape index (κ2) is 9.30. The molecule has 0 radical (unpaired) electrons. The van der Waals surface area contributed by atoms with Gasteiger partial charge < -0.3 is 10.1 Å². The van der Waals surface area contributed by atoms with Crippen molar-refractivity contribution >= 4 is 58.0 Å². The van der Waals surface area contributed by atoms with Crippen molar-refractivity contribution in [2.75, 3.05) is 5.32 Å². The first-order chi connectivity index (χ1) is 14.9. The van der Waals surface area contributed by atoms with Crippen molar-refractivity contribution in [3.05, 3.63) is 58.6 Å². The van der Waals surface area contributed by atoms with Crippen LogP contribution in [0.25, 0.3) is 0 Å².